The molecule has 0 unspecified atom stereocenters. The number of hydrogen-bond donors (Lipinski definition) is 3. The van der Waals surface area contributed by atoms with Crippen LogP contribution in [0.2, 0.25) is 0 Å². The zero-order valence-corrected chi connectivity index (χ0v) is 11.7. The van der Waals surface area contributed by atoms with E-state index in [-0.39, 0.29) is 17.3 Å². The molecule has 106 valence electrons. The molecule has 0 bridgehead atoms. The minimum atomic E-state index is -3.69. The monoisotopic (exact) mass is 293 g/mol. The van der Waals surface area contributed by atoms with Crippen LogP contribution in [0.25, 0.3) is 0 Å². The van der Waals surface area contributed by atoms with Gasteiger partial charge in [-0.1, -0.05) is 0 Å². The Bertz CT molecular complexity index is 702. The molecule has 0 saturated carbocycles. The second-order valence-corrected chi connectivity index (χ2v) is 5.86. The first kappa shape index (κ1) is 14.4. The van der Waals surface area contributed by atoms with Crippen molar-refractivity contribution in [3.05, 3.63) is 47.9 Å². The van der Waals surface area contributed by atoms with E-state index >= 15 is 0 Å². The average Bonchev–Trinajstić information content (AvgIpc) is 2.46. The van der Waals surface area contributed by atoms with Gasteiger partial charge in [0.15, 0.2) is 5.82 Å². The van der Waals surface area contributed by atoms with Gasteiger partial charge in [-0.15, -0.1) is 0 Å². The Balaban J connectivity index is 2.22. The zero-order chi connectivity index (χ0) is 14.6. The maximum absolute atomic E-state index is 12.2. The Labute approximate surface area is 117 Å². The normalized spacial score (nSPS) is 11.3. The lowest BCUT2D eigenvalue weighted by molar-refractivity contribution is 0.581. The van der Waals surface area contributed by atoms with E-state index in [9.17, 15) is 8.42 Å². The molecule has 0 amide bonds. The summed E-state index contributed by atoms with van der Waals surface area (Å²) in [6.45, 7) is 2.04. The highest BCUT2D eigenvalue weighted by molar-refractivity contribution is 7.89. The van der Waals surface area contributed by atoms with E-state index in [1.807, 2.05) is 6.92 Å². The van der Waals surface area contributed by atoms with Gasteiger partial charge < -0.3 is 5.43 Å². The maximum atomic E-state index is 12.2. The molecular weight excluding hydrogens is 278 g/mol. The molecule has 2 heterocycles. The number of hydrogen-bond acceptors (Lipinski definition) is 6. The van der Waals surface area contributed by atoms with Crippen molar-refractivity contribution in [3.63, 3.8) is 0 Å². The van der Waals surface area contributed by atoms with Crippen LogP contribution in [0, 0.1) is 6.92 Å². The Morgan fingerprint density at radius 2 is 2.10 bits per heavy atom. The van der Waals surface area contributed by atoms with Gasteiger partial charge in [0.1, 0.15) is 4.90 Å². The molecule has 2 aromatic heterocycles. The molecular formula is C12H15N5O2S. The molecule has 0 spiro atoms. The minimum Gasteiger partial charge on any atom is -0.307 e. The van der Waals surface area contributed by atoms with Gasteiger partial charge >= 0.3 is 0 Å². The molecule has 2 aromatic rings. The van der Waals surface area contributed by atoms with Crippen molar-refractivity contribution >= 4 is 15.8 Å². The highest BCUT2D eigenvalue weighted by Gasteiger charge is 2.18. The summed E-state index contributed by atoms with van der Waals surface area (Å²) in [5.74, 6) is 5.37. The molecule has 0 fully saturated rings. The fourth-order valence-corrected chi connectivity index (χ4v) is 2.79. The van der Waals surface area contributed by atoms with Crippen molar-refractivity contribution in [1.29, 1.82) is 0 Å². The van der Waals surface area contributed by atoms with Crippen molar-refractivity contribution < 1.29 is 8.42 Å². The molecule has 0 saturated heterocycles. The summed E-state index contributed by atoms with van der Waals surface area (Å²) in [4.78, 5) is 7.84. The second kappa shape index (κ2) is 5.95. The summed E-state index contributed by atoms with van der Waals surface area (Å²) in [6, 6.07) is 4.74. The van der Waals surface area contributed by atoms with Crippen molar-refractivity contribution in [3.8, 4) is 0 Å². The molecule has 0 aromatic carbocycles. The molecule has 7 nitrogen and oxygen atoms in total. The van der Waals surface area contributed by atoms with Gasteiger partial charge in [-0.25, -0.2) is 24.0 Å². The van der Waals surface area contributed by atoms with E-state index < -0.39 is 10.0 Å². The standard InChI is InChI=1S/C12H15N5O2S/c1-9-7-14-6-4-10(9)8-16-20(18,19)11-3-2-5-15-12(11)17-13/h2-7,16H,8,13H2,1H3,(H,15,17). The number of nitrogens with one attached hydrogen (secondary N) is 2. The second-order valence-electron chi connectivity index (χ2n) is 4.12. The number of nitrogens with two attached hydrogens (primary N) is 1. The third kappa shape index (κ3) is 3.10. The smallest absolute Gasteiger partial charge is 0.244 e. The molecule has 0 atom stereocenters. The van der Waals surface area contributed by atoms with Crippen molar-refractivity contribution in [2.24, 2.45) is 5.84 Å². The molecule has 0 aliphatic heterocycles. The number of sulfonamides is 1. The highest BCUT2D eigenvalue weighted by atomic mass is 32.2. The van der Waals surface area contributed by atoms with E-state index in [1.54, 1.807) is 18.5 Å². The number of hydrazine groups is 1. The molecule has 0 radical (unpaired) electrons. The number of anilines is 1. The third-order valence-electron chi connectivity index (χ3n) is 2.79. The van der Waals surface area contributed by atoms with Crippen LogP contribution >= 0.6 is 0 Å². The fraction of sp³-hybridized carbons (Fsp3) is 0.167. The van der Waals surface area contributed by atoms with Crippen LogP contribution in [-0.4, -0.2) is 18.4 Å². The van der Waals surface area contributed by atoms with Crippen LogP contribution in [0.15, 0.2) is 41.7 Å². The van der Waals surface area contributed by atoms with E-state index in [1.165, 1.54) is 18.3 Å². The maximum Gasteiger partial charge on any atom is 0.244 e. The van der Waals surface area contributed by atoms with Crippen molar-refractivity contribution in [2.45, 2.75) is 18.4 Å². The largest absolute Gasteiger partial charge is 0.307 e. The third-order valence-corrected chi connectivity index (χ3v) is 4.22. The van der Waals surface area contributed by atoms with Gasteiger partial charge in [0.25, 0.3) is 0 Å². The summed E-state index contributed by atoms with van der Waals surface area (Å²) in [6.07, 6.45) is 4.76. The lowest BCUT2D eigenvalue weighted by Gasteiger charge is -2.11. The number of nitrogen functional groups attached to an aromatic ring is 1. The number of aryl methyl sites for hydroxylation is 1. The summed E-state index contributed by atoms with van der Waals surface area (Å²) in [7, 11) is -3.69. The summed E-state index contributed by atoms with van der Waals surface area (Å²) in [5, 5.41) is 0. The van der Waals surface area contributed by atoms with Crippen LogP contribution in [0.4, 0.5) is 5.82 Å². The summed E-state index contributed by atoms with van der Waals surface area (Å²) < 4.78 is 27.0. The molecule has 20 heavy (non-hydrogen) atoms. The van der Waals surface area contributed by atoms with Crippen molar-refractivity contribution in [1.82, 2.24) is 14.7 Å². The number of nitrogens with zero attached hydrogens (tertiary/aromatic N) is 2. The van der Waals surface area contributed by atoms with Crippen LogP contribution in [0.3, 0.4) is 0 Å². The van der Waals surface area contributed by atoms with E-state index in [0.717, 1.165) is 11.1 Å². The summed E-state index contributed by atoms with van der Waals surface area (Å²) in [5.41, 5.74) is 4.04. The molecule has 0 aliphatic carbocycles. The van der Waals surface area contributed by atoms with Crippen LogP contribution in [0.1, 0.15) is 11.1 Å². The zero-order valence-electron chi connectivity index (χ0n) is 10.9. The van der Waals surface area contributed by atoms with E-state index in [4.69, 9.17) is 5.84 Å². The first-order chi connectivity index (χ1) is 9.54. The average molecular weight is 293 g/mol. The Hall–Kier alpha value is -2.03. The number of pyridine rings is 2. The molecule has 4 N–H and O–H groups in total. The van der Waals surface area contributed by atoms with Gasteiger partial charge in [0.05, 0.1) is 0 Å². The highest BCUT2D eigenvalue weighted by Crippen LogP contribution is 2.17. The van der Waals surface area contributed by atoms with Crippen molar-refractivity contribution in [2.75, 3.05) is 5.43 Å². The molecule has 0 aliphatic rings. The van der Waals surface area contributed by atoms with Gasteiger partial charge in [0.2, 0.25) is 10.0 Å². The topological polar surface area (TPSA) is 110 Å². The fourth-order valence-electron chi connectivity index (χ4n) is 1.67. The molecule has 8 heteroatoms. The minimum absolute atomic E-state index is 0.00853. The van der Waals surface area contributed by atoms with Crippen LogP contribution in [-0.2, 0) is 16.6 Å². The Morgan fingerprint density at radius 1 is 1.30 bits per heavy atom. The number of aromatic nitrogens is 2. The Morgan fingerprint density at radius 3 is 2.80 bits per heavy atom. The van der Waals surface area contributed by atoms with E-state index in [0.29, 0.717) is 0 Å². The van der Waals surface area contributed by atoms with Crippen LogP contribution in [0.5, 0.6) is 0 Å². The first-order valence-corrected chi connectivity index (χ1v) is 7.33. The predicted octanol–water partition coefficient (Wildman–Crippen LogP) is 0.549. The lowest BCUT2D eigenvalue weighted by atomic mass is 10.2. The molecule has 2 rings (SSSR count). The number of rotatable bonds is 5. The van der Waals surface area contributed by atoms with Gasteiger partial charge in [-0.2, -0.15) is 0 Å². The van der Waals surface area contributed by atoms with Crippen LogP contribution < -0.4 is 16.0 Å². The quantitative estimate of drug-likeness (QED) is 0.548. The van der Waals surface area contributed by atoms with Gasteiger partial charge in [-0.05, 0) is 36.2 Å². The Kier molecular flexibility index (Phi) is 4.28. The van der Waals surface area contributed by atoms with Gasteiger partial charge in [0, 0.05) is 25.1 Å². The van der Waals surface area contributed by atoms with E-state index in [2.05, 4.69) is 20.1 Å². The first-order valence-electron chi connectivity index (χ1n) is 5.85. The summed E-state index contributed by atoms with van der Waals surface area (Å²) >= 11 is 0. The van der Waals surface area contributed by atoms with Gasteiger partial charge in [-0.3, -0.25) is 4.98 Å². The SMILES string of the molecule is Cc1cnccc1CNS(=O)(=O)c1cccnc1NN. The predicted molar refractivity (Wildman–Crippen MR) is 75.0 cm³/mol. The lowest BCUT2D eigenvalue weighted by Crippen LogP contribution is -2.25.